The highest BCUT2D eigenvalue weighted by Crippen LogP contribution is 2.45. The van der Waals surface area contributed by atoms with Crippen LogP contribution in [0, 0.1) is 11.8 Å². The van der Waals surface area contributed by atoms with Crippen molar-refractivity contribution in [2.45, 2.75) is 458 Å². The van der Waals surface area contributed by atoms with Gasteiger partial charge in [0.05, 0.1) is 26.4 Å². The summed E-state index contributed by atoms with van der Waals surface area (Å²) in [5, 5.41) is 10.7. The van der Waals surface area contributed by atoms with Crippen LogP contribution in [-0.2, 0) is 65.4 Å². The van der Waals surface area contributed by atoms with E-state index in [4.69, 9.17) is 37.0 Å². The van der Waals surface area contributed by atoms with Crippen LogP contribution in [0.3, 0.4) is 0 Å². The maximum atomic E-state index is 13.1. The topological polar surface area (TPSA) is 237 Å². The number of aliphatic hydroxyl groups is 1. The van der Waals surface area contributed by atoms with Gasteiger partial charge in [-0.05, 0) is 37.5 Å². The summed E-state index contributed by atoms with van der Waals surface area (Å²) in [6.45, 7) is 9.67. The molecule has 0 amide bonds. The number of hydrogen-bond donors (Lipinski definition) is 3. The lowest BCUT2D eigenvalue weighted by molar-refractivity contribution is -0.161. The van der Waals surface area contributed by atoms with E-state index in [1.54, 1.807) is 0 Å². The van der Waals surface area contributed by atoms with Crippen LogP contribution in [0.15, 0.2) is 0 Å². The molecule has 0 rings (SSSR count). The minimum absolute atomic E-state index is 0.107. The molecule has 19 heteroatoms. The fourth-order valence-corrected chi connectivity index (χ4v) is 14.5. The third-order valence-electron chi connectivity index (χ3n) is 19.5. The standard InChI is InChI=1S/C83H162O17P2/c1-7-9-11-13-15-17-19-21-22-23-24-25-28-32-36-43-49-55-61-67-82(87)99-78(71-94-81(86)66-60-54-48-42-35-31-29-26-27-30-33-39-45-51-57-63-75(3)4)73-97-101(89,90)95-69-77(84)70-96-102(91,92)98-74-79(72-93-80(85)65-59-53-47-41-34-20-18-16-14-12-10-8-2)100-83(88)68-62-56-50-44-38-37-40-46-52-58-64-76(5)6/h75-79,84H,7-74H2,1-6H3,(H,89,90)(H,91,92)/t77-,78-,79-/m1/s1. The largest absolute Gasteiger partial charge is 0.472 e. The number of carbonyl (C=O) groups excluding carboxylic acids is 4. The number of unbranched alkanes of at least 4 members (excludes halogenated alkanes) is 52. The number of hydrogen-bond acceptors (Lipinski definition) is 15. The van der Waals surface area contributed by atoms with E-state index in [0.717, 1.165) is 102 Å². The maximum absolute atomic E-state index is 13.1. The van der Waals surface area contributed by atoms with Gasteiger partial charge >= 0.3 is 39.5 Å². The molecule has 0 radical (unpaired) electrons. The molecule has 606 valence electrons. The van der Waals surface area contributed by atoms with Crippen LogP contribution in [0.25, 0.3) is 0 Å². The molecule has 5 atom stereocenters. The Hall–Kier alpha value is -1.94. The van der Waals surface area contributed by atoms with Crippen LogP contribution < -0.4 is 0 Å². The van der Waals surface area contributed by atoms with E-state index in [0.29, 0.717) is 25.7 Å². The Morgan fingerprint density at radius 1 is 0.265 bits per heavy atom. The highest BCUT2D eigenvalue weighted by atomic mass is 31.2. The fourth-order valence-electron chi connectivity index (χ4n) is 12.9. The van der Waals surface area contributed by atoms with Crippen LogP contribution in [0.4, 0.5) is 0 Å². The lowest BCUT2D eigenvalue weighted by atomic mass is 10.0. The van der Waals surface area contributed by atoms with E-state index in [2.05, 4.69) is 41.5 Å². The predicted molar refractivity (Wildman–Crippen MR) is 418 cm³/mol. The molecule has 0 heterocycles. The molecular weight excluding hydrogens is 1330 g/mol. The van der Waals surface area contributed by atoms with Gasteiger partial charge in [-0.3, -0.25) is 37.3 Å². The number of esters is 4. The quantitative estimate of drug-likeness (QED) is 0.0222. The van der Waals surface area contributed by atoms with Crippen LogP contribution >= 0.6 is 15.6 Å². The van der Waals surface area contributed by atoms with Crippen molar-refractivity contribution >= 4 is 39.5 Å². The van der Waals surface area contributed by atoms with E-state index in [1.165, 1.54) is 257 Å². The van der Waals surface area contributed by atoms with Crippen molar-refractivity contribution in [3.05, 3.63) is 0 Å². The normalized spacial score (nSPS) is 13.9. The van der Waals surface area contributed by atoms with Gasteiger partial charge in [-0.15, -0.1) is 0 Å². The van der Waals surface area contributed by atoms with Crippen molar-refractivity contribution in [1.29, 1.82) is 0 Å². The van der Waals surface area contributed by atoms with Crippen molar-refractivity contribution < 1.29 is 80.2 Å². The van der Waals surface area contributed by atoms with Gasteiger partial charge in [-0.1, -0.05) is 388 Å². The Kier molecular flexibility index (Phi) is 73.1. The SMILES string of the molecule is CCCCCCCCCCCCCCCCCCCCCC(=O)O[C@H](COC(=O)CCCCCCCCCCCCCCCCCC(C)C)COP(=O)(O)OC[C@@H](O)COP(=O)(O)OC[C@@H](COC(=O)CCCCCCCCCCCCCC)OC(=O)CCCCCCCCCCCCC(C)C. The molecular formula is C83H162O17P2. The lowest BCUT2D eigenvalue weighted by Crippen LogP contribution is -2.30. The second-order valence-corrected chi connectivity index (χ2v) is 33.7. The summed E-state index contributed by atoms with van der Waals surface area (Å²) in [6.07, 6.45) is 65.2. The Bertz CT molecular complexity index is 1960. The monoisotopic (exact) mass is 1490 g/mol. The summed E-state index contributed by atoms with van der Waals surface area (Å²) < 4.78 is 68.8. The number of phosphoric acid groups is 2. The molecule has 3 N–H and O–H groups in total. The molecule has 0 aliphatic rings. The molecule has 0 aromatic heterocycles. The molecule has 0 bridgehead atoms. The van der Waals surface area contributed by atoms with Gasteiger partial charge in [0.1, 0.15) is 19.3 Å². The summed E-state index contributed by atoms with van der Waals surface area (Å²) in [5.74, 6) is -0.546. The molecule has 0 saturated carbocycles. The van der Waals surface area contributed by atoms with Crippen molar-refractivity contribution in [3.63, 3.8) is 0 Å². The van der Waals surface area contributed by atoms with Gasteiger partial charge in [0, 0.05) is 25.7 Å². The summed E-state index contributed by atoms with van der Waals surface area (Å²) in [4.78, 5) is 73.1. The molecule has 0 aromatic rings. The van der Waals surface area contributed by atoms with Crippen molar-refractivity contribution in [2.24, 2.45) is 11.8 Å². The minimum Gasteiger partial charge on any atom is -0.462 e. The Balaban J connectivity index is 5.25. The summed E-state index contributed by atoms with van der Waals surface area (Å²) in [5.41, 5.74) is 0. The highest BCUT2D eigenvalue weighted by Gasteiger charge is 2.30. The Morgan fingerprint density at radius 2 is 0.451 bits per heavy atom. The second-order valence-electron chi connectivity index (χ2n) is 30.8. The van der Waals surface area contributed by atoms with Crippen LogP contribution in [0.1, 0.15) is 440 Å². The number of phosphoric ester groups is 2. The highest BCUT2D eigenvalue weighted by molar-refractivity contribution is 7.47. The summed E-state index contributed by atoms with van der Waals surface area (Å²) in [7, 11) is -9.92. The fraction of sp³-hybridized carbons (Fsp3) is 0.952. The summed E-state index contributed by atoms with van der Waals surface area (Å²) in [6, 6.07) is 0. The molecule has 0 fully saturated rings. The number of rotatable bonds is 82. The van der Waals surface area contributed by atoms with Crippen molar-refractivity contribution in [1.82, 2.24) is 0 Å². The van der Waals surface area contributed by atoms with Gasteiger partial charge in [-0.2, -0.15) is 0 Å². The van der Waals surface area contributed by atoms with Crippen LogP contribution in [-0.4, -0.2) is 96.7 Å². The van der Waals surface area contributed by atoms with Gasteiger partial charge in [0.2, 0.25) is 0 Å². The molecule has 0 aromatic carbocycles. The molecule has 0 spiro atoms. The van der Waals surface area contributed by atoms with Gasteiger partial charge in [0.15, 0.2) is 12.2 Å². The molecule has 2 unspecified atom stereocenters. The zero-order valence-corrected chi connectivity index (χ0v) is 68.7. The van der Waals surface area contributed by atoms with Crippen LogP contribution in [0.5, 0.6) is 0 Å². The zero-order chi connectivity index (χ0) is 74.9. The van der Waals surface area contributed by atoms with Gasteiger partial charge in [-0.25, -0.2) is 9.13 Å². The molecule has 102 heavy (non-hydrogen) atoms. The average Bonchev–Trinajstić information content (AvgIpc) is 0.983. The predicted octanol–water partition coefficient (Wildman–Crippen LogP) is 25.1. The van der Waals surface area contributed by atoms with Crippen molar-refractivity contribution in [2.75, 3.05) is 39.6 Å². The van der Waals surface area contributed by atoms with Crippen LogP contribution in [0.2, 0.25) is 0 Å². The van der Waals surface area contributed by atoms with E-state index in [-0.39, 0.29) is 25.7 Å². The lowest BCUT2D eigenvalue weighted by Gasteiger charge is -2.21. The number of ether oxygens (including phenoxy) is 4. The Morgan fingerprint density at radius 3 is 0.667 bits per heavy atom. The smallest absolute Gasteiger partial charge is 0.462 e. The first-order chi connectivity index (χ1) is 49.4. The Labute approximate surface area is 626 Å². The average molecular weight is 1490 g/mol. The van der Waals surface area contributed by atoms with Gasteiger partial charge in [0.25, 0.3) is 0 Å². The molecule has 0 saturated heterocycles. The van der Waals surface area contributed by atoms with E-state index in [1.807, 2.05) is 0 Å². The van der Waals surface area contributed by atoms with Crippen molar-refractivity contribution in [3.8, 4) is 0 Å². The molecule has 0 aliphatic heterocycles. The maximum Gasteiger partial charge on any atom is 0.472 e. The number of carbonyl (C=O) groups is 4. The second kappa shape index (κ2) is 74.5. The minimum atomic E-state index is -4.96. The van der Waals surface area contributed by atoms with E-state index >= 15 is 0 Å². The third-order valence-corrected chi connectivity index (χ3v) is 21.4. The molecule has 17 nitrogen and oxygen atoms in total. The summed E-state index contributed by atoms with van der Waals surface area (Å²) >= 11 is 0. The first-order valence-corrected chi connectivity index (χ1v) is 46.0. The number of aliphatic hydroxyl groups excluding tert-OH is 1. The third kappa shape index (κ3) is 76.3. The van der Waals surface area contributed by atoms with E-state index < -0.39 is 97.5 Å². The van der Waals surface area contributed by atoms with Gasteiger partial charge < -0.3 is 33.8 Å². The first-order valence-electron chi connectivity index (χ1n) is 43.0. The molecule has 0 aliphatic carbocycles. The van der Waals surface area contributed by atoms with E-state index in [9.17, 15) is 43.2 Å². The zero-order valence-electron chi connectivity index (χ0n) is 66.9. The first kappa shape index (κ1) is 100.